The maximum absolute atomic E-state index is 12.3. The highest BCUT2D eigenvalue weighted by Crippen LogP contribution is 2.07. The number of esters is 1. The minimum Gasteiger partial charge on any atom is -0.461 e. The fourth-order valence-electron chi connectivity index (χ4n) is 2.01. The van der Waals surface area contributed by atoms with Crippen LogP contribution in [0.25, 0.3) is 0 Å². The first kappa shape index (κ1) is 16.6. The van der Waals surface area contributed by atoms with Crippen molar-refractivity contribution in [3.8, 4) is 0 Å². The Kier molecular flexibility index (Phi) is 5.80. The third-order valence-electron chi connectivity index (χ3n) is 3.02. The topological polar surface area (TPSA) is 81.2 Å². The number of aromatic nitrogens is 2. The van der Waals surface area contributed by atoms with Crippen LogP contribution in [0.3, 0.4) is 0 Å². The molecule has 23 heavy (non-hydrogen) atoms. The maximum Gasteiger partial charge on any atom is 0.329 e. The average molecular weight is 313 g/mol. The molecule has 0 radical (unpaired) electrons. The number of ether oxygens (including phenoxy) is 1. The van der Waals surface area contributed by atoms with E-state index in [0.29, 0.717) is 6.42 Å². The van der Waals surface area contributed by atoms with Gasteiger partial charge in [-0.15, -0.1) is 0 Å². The van der Waals surface area contributed by atoms with Crippen molar-refractivity contribution in [3.63, 3.8) is 0 Å². The van der Waals surface area contributed by atoms with Crippen LogP contribution in [0.4, 0.5) is 0 Å². The number of amides is 1. The number of nitrogens with one attached hydrogen (secondary N) is 1. The van der Waals surface area contributed by atoms with Gasteiger partial charge in [0, 0.05) is 18.8 Å². The van der Waals surface area contributed by atoms with Gasteiger partial charge in [-0.3, -0.25) is 9.78 Å². The predicted molar refractivity (Wildman–Crippen MR) is 84.7 cm³/mol. The molecule has 2 rings (SSSR count). The number of hydrogen-bond acceptors (Lipinski definition) is 5. The lowest BCUT2D eigenvalue weighted by molar-refractivity contribution is -0.149. The van der Waals surface area contributed by atoms with Crippen molar-refractivity contribution in [2.75, 3.05) is 0 Å². The number of carbonyl (C=O) groups is 2. The van der Waals surface area contributed by atoms with Crippen LogP contribution in [-0.2, 0) is 16.0 Å². The molecule has 1 atom stereocenters. The Morgan fingerprint density at radius 1 is 1.17 bits per heavy atom. The van der Waals surface area contributed by atoms with Crippen LogP contribution < -0.4 is 5.32 Å². The summed E-state index contributed by atoms with van der Waals surface area (Å²) in [5.41, 5.74) is 1.08. The molecule has 1 amide bonds. The zero-order valence-corrected chi connectivity index (χ0v) is 13.1. The van der Waals surface area contributed by atoms with Crippen LogP contribution >= 0.6 is 0 Å². The zero-order valence-electron chi connectivity index (χ0n) is 13.1. The van der Waals surface area contributed by atoms with E-state index in [1.54, 1.807) is 13.8 Å². The van der Waals surface area contributed by atoms with Gasteiger partial charge >= 0.3 is 5.97 Å². The van der Waals surface area contributed by atoms with Crippen molar-refractivity contribution in [1.29, 1.82) is 0 Å². The zero-order chi connectivity index (χ0) is 16.7. The van der Waals surface area contributed by atoms with Crippen molar-refractivity contribution < 1.29 is 14.3 Å². The van der Waals surface area contributed by atoms with Gasteiger partial charge in [0.2, 0.25) is 0 Å². The number of nitrogens with zero attached hydrogens (tertiary/aromatic N) is 2. The second-order valence-electron chi connectivity index (χ2n) is 5.29. The molecule has 1 aromatic heterocycles. The molecular formula is C17H19N3O3. The normalized spacial score (nSPS) is 11.8. The summed E-state index contributed by atoms with van der Waals surface area (Å²) in [6.07, 6.45) is 4.34. The van der Waals surface area contributed by atoms with E-state index >= 15 is 0 Å². The van der Waals surface area contributed by atoms with Crippen LogP contribution in [-0.4, -0.2) is 34.0 Å². The molecule has 0 spiro atoms. The third-order valence-corrected chi connectivity index (χ3v) is 3.02. The summed E-state index contributed by atoms with van der Waals surface area (Å²) in [5.74, 6) is -0.930. The van der Waals surface area contributed by atoms with Crippen LogP contribution in [0.1, 0.15) is 29.9 Å². The Morgan fingerprint density at radius 2 is 1.91 bits per heavy atom. The Morgan fingerprint density at radius 3 is 2.52 bits per heavy atom. The number of hydrogen-bond donors (Lipinski definition) is 1. The molecule has 0 saturated heterocycles. The molecule has 0 saturated carbocycles. The largest absolute Gasteiger partial charge is 0.461 e. The molecular weight excluding hydrogens is 294 g/mol. The van der Waals surface area contributed by atoms with Crippen LogP contribution in [0.2, 0.25) is 0 Å². The highest BCUT2D eigenvalue weighted by atomic mass is 16.5. The number of benzene rings is 1. The monoisotopic (exact) mass is 313 g/mol. The van der Waals surface area contributed by atoms with Gasteiger partial charge in [-0.05, 0) is 19.4 Å². The van der Waals surface area contributed by atoms with Gasteiger partial charge < -0.3 is 10.1 Å². The molecule has 0 aliphatic heterocycles. The lowest BCUT2D eigenvalue weighted by Crippen LogP contribution is -2.44. The first-order valence-corrected chi connectivity index (χ1v) is 7.37. The molecule has 120 valence electrons. The van der Waals surface area contributed by atoms with E-state index in [4.69, 9.17) is 4.74 Å². The Hall–Kier alpha value is -2.76. The SMILES string of the molecule is CC(C)OC(=O)[C@H](Cc1ccccc1)NC(=O)c1cnccn1. The quantitative estimate of drug-likeness (QED) is 0.822. The van der Waals surface area contributed by atoms with Gasteiger partial charge in [-0.25, -0.2) is 9.78 Å². The van der Waals surface area contributed by atoms with Gasteiger partial charge in [0.25, 0.3) is 5.91 Å². The summed E-state index contributed by atoms with van der Waals surface area (Å²) >= 11 is 0. The third kappa shape index (κ3) is 5.18. The standard InChI is InChI=1S/C17H19N3O3/c1-12(2)23-17(22)14(10-13-6-4-3-5-7-13)20-16(21)15-11-18-8-9-19-15/h3-9,11-12,14H,10H2,1-2H3,(H,20,21)/t14-/m0/s1. The second kappa shape index (κ2) is 8.03. The summed E-state index contributed by atoms with van der Waals surface area (Å²) in [6.45, 7) is 3.53. The fraction of sp³-hybridized carbons (Fsp3) is 0.294. The summed E-state index contributed by atoms with van der Waals surface area (Å²) in [4.78, 5) is 32.2. The van der Waals surface area contributed by atoms with E-state index < -0.39 is 17.9 Å². The molecule has 6 nitrogen and oxygen atoms in total. The molecule has 1 heterocycles. The van der Waals surface area contributed by atoms with Gasteiger partial charge in [0.1, 0.15) is 11.7 Å². The average Bonchev–Trinajstić information content (AvgIpc) is 2.55. The summed E-state index contributed by atoms with van der Waals surface area (Å²) in [6, 6.07) is 8.65. The molecule has 2 aromatic rings. The molecule has 0 aliphatic carbocycles. The highest BCUT2D eigenvalue weighted by molar-refractivity contribution is 5.95. The number of rotatable bonds is 6. The summed E-state index contributed by atoms with van der Waals surface area (Å²) < 4.78 is 5.23. The van der Waals surface area contributed by atoms with Crippen molar-refractivity contribution >= 4 is 11.9 Å². The highest BCUT2D eigenvalue weighted by Gasteiger charge is 2.24. The van der Waals surface area contributed by atoms with E-state index in [0.717, 1.165) is 5.56 Å². The Balaban J connectivity index is 2.12. The fourth-order valence-corrected chi connectivity index (χ4v) is 2.01. The minimum absolute atomic E-state index is 0.155. The molecule has 6 heteroatoms. The van der Waals surface area contributed by atoms with Crippen LogP contribution in [0.15, 0.2) is 48.9 Å². The predicted octanol–water partition coefficient (Wildman–Crippen LogP) is 1.77. The Labute approximate surface area is 134 Å². The van der Waals surface area contributed by atoms with Crippen molar-refractivity contribution in [1.82, 2.24) is 15.3 Å². The molecule has 1 aromatic carbocycles. The first-order chi connectivity index (χ1) is 11.1. The molecule has 0 bridgehead atoms. The van der Waals surface area contributed by atoms with Crippen molar-refractivity contribution in [2.24, 2.45) is 0 Å². The minimum atomic E-state index is -0.783. The van der Waals surface area contributed by atoms with E-state index in [9.17, 15) is 9.59 Å². The smallest absolute Gasteiger partial charge is 0.329 e. The summed E-state index contributed by atoms with van der Waals surface area (Å²) in [5, 5.41) is 2.67. The van der Waals surface area contributed by atoms with E-state index in [1.807, 2.05) is 30.3 Å². The van der Waals surface area contributed by atoms with Gasteiger partial charge in [-0.1, -0.05) is 30.3 Å². The van der Waals surface area contributed by atoms with Crippen molar-refractivity contribution in [2.45, 2.75) is 32.4 Å². The molecule has 1 N–H and O–H groups in total. The first-order valence-electron chi connectivity index (χ1n) is 7.37. The van der Waals surface area contributed by atoms with Gasteiger partial charge in [0.15, 0.2) is 0 Å². The van der Waals surface area contributed by atoms with Crippen LogP contribution in [0, 0.1) is 0 Å². The van der Waals surface area contributed by atoms with Gasteiger partial charge in [-0.2, -0.15) is 0 Å². The molecule has 0 aliphatic rings. The van der Waals surface area contributed by atoms with E-state index in [1.165, 1.54) is 18.6 Å². The lowest BCUT2D eigenvalue weighted by Gasteiger charge is -2.19. The van der Waals surface area contributed by atoms with Crippen LogP contribution in [0.5, 0.6) is 0 Å². The lowest BCUT2D eigenvalue weighted by atomic mass is 10.1. The van der Waals surface area contributed by atoms with Crippen molar-refractivity contribution in [3.05, 3.63) is 60.2 Å². The molecule has 0 unspecified atom stereocenters. The Bertz CT molecular complexity index is 645. The maximum atomic E-state index is 12.3. The van der Waals surface area contributed by atoms with Gasteiger partial charge in [0.05, 0.1) is 12.3 Å². The van der Waals surface area contributed by atoms with E-state index in [-0.39, 0.29) is 11.8 Å². The van der Waals surface area contributed by atoms with E-state index in [2.05, 4.69) is 15.3 Å². The molecule has 0 fully saturated rings. The number of carbonyl (C=O) groups excluding carboxylic acids is 2. The summed E-state index contributed by atoms with van der Waals surface area (Å²) in [7, 11) is 0. The second-order valence-corrected chi connectivity index (χ2v) is 5.29.